The van der Waals surface area contributed by atoms with E-state index in [2.05, 4.69) is 10.3 Å². The number of nitrogens with zero attached hydrogens (tertiary/aromatic N) is 2. The number of anilines is 1. The first kappa shape index (κ1) is 22.8. The third-order valence-corrected chi connectivity index (χ3v) is 6.43. The van der Waals surface area contributed by atoms with E-state index in [1.807, 2.05) is 36.6 Å². The molecule has 170 valence electrons. The molecule has 1 N–H and O–H groups in total. The van der Waals surface area contributed by atoms with E-state index in [9.17, 15) is 9.59 Å². The lowest BCUT2D eigenvalue weighted by atomic mass is 10.1. The number of ether oxygens (including phenoxy) is 2. The van der Waals surface area contributed by atoms with Crippen molar-refractivity contribution in [3.8, 4) is 22.6 Å². The summed E-state index contributed by atoms with van der Waals surface area (Å²) in [4.78, 5) is 30.9. The fourth-order valence-corrected chi connectivity index (χ4v) is 4.60. The van der Waals surface area contributed by atoms with Crippen molar-refractivity contribution < 1.29 is 14.3 Å². The highest BCUT2D eigenvalue weighted by Crippen LogP contribution is 2.36. The summed E-state index contributed by atoms with van der Waals surface area (Å²) in [5.74, 6) is 0.545. The van der Waals surface area contributed by atoms with E-state index in [1.54, 1.807) is 12.1 Å². The molecule has 33 heavy (non-hydrogen) atoms. The Hall–Kier alpha value is -3.36. The van der Waals surface area contributed by atoms with Crippen molar-refractivity contribution in [1.82, 2.24) is 9.55 Å². The third-order valence-electron chi connectivity index (χ3n) is 5.25. The van der Waals surface area contributed by atoms with E-state index in [4.69, 9.17) is 21.1 Å². The quantitative estimate of drug-likeness (QED) is 0.394. The second-order valence-corrected chi connectivity index (χ2v) is 8.69. The van der Waals surface area contributed by atoms with E-state index in [-0.39, 0.29) is 24.4 Å². The highest BCUT2D eigenvalue weighted by Gasteiger charge is 2.15. The Kier molecular flexibility index (Phi) is 6.67. The largest absolute Gasteiger partial charge is 0.495 e. The van der Waals surface area contributed by atoms with Gasteiger partial charge in [-0.05, 0) is 12.5 Å². The molecule has 0 spiro atoms. The summed E-state index contributed by atoms with van der Waals surface area (Å²) in [6, 6.07) is 11.2. The van der Waals surface area contributed by atoms with Gasteiger partial charge in [-0.15, -0.1) is 11.3 Å². The Bertz CT molecular complexity index is 1380. The van der Waals surface area contributed by atoms with E-state index in [0.717, 1.165) is 16.7 Å². The van der Waals surface area contributed by atoms with Gasteiger partial charge in [0.15, 0.2) is 0 Å². The van der Waals surface area contributed by atoms with Crippen LogP contribution in [0.15, 0.2) is 52.9 Å². The van der Waals surface area contributed by atoms with Crippen molar-refractivity contribution >= 4 is 44.7 Å². The van der Waals surface area contributed by atoms with Crippen molar-refractivity contribution in [2.45, 2.75) is 19.9 Å². The topological polar surface area (TPSA) is 82.5 Å². The van der Waals surface area contributed by atoms with Crippen LogP contribution in [0.2, 0.25) is 5.02 Å². The van der Waals surface area contributed by atoms with Crippen molar-refractivity contribution in [3.63, 3.8) is 0 Å². The van der Waals surface area contributed by atoms with Crippen LogP contribution in [-0.4, -0.2) is 29.7 Å². The molecule has 9 heteroatoms. The van der Waals surface area contributed by atoms with E-state index in [1.165, 1.54) is 36.5 Å². The molecule has 0 atom stereocenters. The second-order valence-electron chi connectivity index (χ2n) is 7.42. The monoisotopic (exact) mass is 483 g/mol. The molecule has 4 rings (SSSR count). The Morgan fingerprint density at radius 1 is 1.15 bits per heavy atom. The van der Waals surface area contributed by atoms with Gasteiger partial charge in [-0.25, -0.2) is 4.98 Å². The molecular weight excluding hydrogens is 462 g/mol. The van der Waals surface area contributed by atoms with Gasteiger partial charge in [0.2, 0.25) is 5.91 Å². The number of amides is 1. The molecule has 4 aromatic rings. The molecule has 2 aromatic heterocycles. The molecule has 7 nitrogen and oxygen atoms in total. The van der Waals surface area contributed by atoms with E-state index < -0.39 is 0 Å². The lowest BCUT2D eigenvalue weighted by Crippen LogP contribution is -2.23. The predicted molar refractivity (Wildman–Crippen MR) is 132 cm³/mol. The first-order valence-electron chi connectivity index (χ1n) is 10.2. The maximum Gasteiger partial charge on any atom is 0.262 e. The minimum Gasteiger partial charge on any atom is -0.495 e. The van der Waals surface area contributed by atoms with Crippen LogP contribution >= 0.6 is 22.9 Å². The van der Waals surface area contributed by atoms with Gasteiger partial charge < -0.3 is 14.8 Å². The smallest absolute Gasteiger partial charge is 0.262 e. The van der Waals surface area contributed by atoms with Crippen LogP contribution < -0.4 is 20.3 Å². The summed E-state index contributed by atoms with van der Waals surface area (Å²) in [6.45, 7) is 2.20. The normalized spacial score (nSPS) is 10.9. The average molecular weight is 484 g/mol. The number of carbonyl (C=O) groups excluding carboxylic acids is 1. The summed E-state index contributed by atoms with van der Waals surface area (Å²) in [5.41, 5.74) is 3.23. The van der Waals surface area contributed by atoms with Gasteiger partial charge >= 0.3 is 0 Å². The first-order valence-corrected chi connectivity index (χ1v) is 11.4. The van der Waals surface area contributed by atoms with E-state index >= 15 is 0 Å². The summed E-state index contributed by atoms with van der Waals surface area (Å²) < 4.78 is 12.0. The zero-order valence-electron chi connectivity index (χ0n) is 18.3. The number of carbonyl (C=O) groups is 1. The van der Waals surface area contributed by atoms with Gasteiger partial charge in [0.1, 0.15) is 16.3 Å². The molecule has 0 bridgehead atoms. The number of hydrogen-bond acceptors (Lipinski definition) is 6. The van der Waals surface area contributed by atoms with Crippen LogP contribution in [-0.2, 0) is 11.3 Å². The number of hydrogen-bond donors (Lipinski definition) is 1. The molecule has 0 saturated heterocycles. The lowest BCUT2D eigenvalue weighted by molar-refractivity contribution is -0.116. The fraction of sp³-hybridized carbons (Fsp3) is 0.208. The maximum atomic E-state index is 13.2. The molecule has 0 aliphatic rings. The summed E-state index contributed by atoms with van der Waals surface area (Å²) in [6.07, 6.45) is 1.56. The highest BCUT2D eigenvalue weighted by atomic mass is 35.5. The zero-order valence-corrected chi connectivity index (χ0v) is 19.9. The Labute approximate surface area is 199 Å². The molecule has 2 heterocycles. The molecule has 2 aromatic carbocycles. The van der Waals surface area contributed by atoms with Gasteiger partial charge in [0.05, 0.1) is 36.6 Å². The standard InChI is InChI=1S/C24H22ClN3O4S/c1-14-4-6-15(7-5-14)16-12-33-23-22(16)24(30)28(13-26-23)9-8-21(29)27-18-11-19(31-2)17(25)10-20(18)32-3/h4-7,10-13H,8-9H2,1-3H3,(H,27,29). The molecule has 0 aliphatic carbocycles. The molecular formula is C24H22ClN3O4S. The number of nitrogens with one attached hydrogen (secondary N) is 1. The molecule has 1 amide bonds. The number of fused-ring (bicyclic) bond motifs is 1. The van der Waals surface area contributed by atoms with Crippen molar-refractivity contribution in [3.05, 3.63) is 69.0 Å². The SMILES string of the molecule is COc1cc(NC(=O)CCn2cnc3scc(-c4ccc(C)cc4)c3c2=O)c(OC)cc1Cl. The molecule has 0 fully saturated rings. The van der Waals surface area contributed by atoms with Crippen molar-refractivity contribution in [2.75, 3.05) is 19.5 Å². The first-order chi connectivity index (χ1) is 15.9. The van der Waals surface area contributed by atoms with Gasteiger partial charge in [0.25, 0.3) is 5.56 Å². The number of halogens is 1. The number of aryl methyl sites for hydroxylation is 2. The van der Waals surface area contributed by atoms with Crippen LogP contribution in [0, 0.1) is 6.92 Å². The number of methoxy groups -OCH3 is 2. The maximum absolute atomic E-state index is 13.2. The number of benzene rings is 2. The predicted octanol–water partition coefficient (Wildman–Crippen LogP) is 5.13. The molecule has 0 unspecified atom stereocenters. The highest BCUT2D eigenvalue weighted by molar-refractivity contribution is 7.17. The van der Waals surface area contributed by atoms with Gasteiger partial charge in [0, 0.05) is 36.0 Å². The molecule has 0 radical (unpaired) electrons. The van der Waals surface area contributed by atoms with E-state index in [0.29, 0.717) is 32.4 Å². The van der Waals surface area contributed by atoms with Gasteiger partial charge in [-0.3, -0.25) is 14.2 Å². The number of aromatic nitrogens is 2. The summed E-state index contributed by atoms with van der Waals surface area (Å²) in [7, 11) is 2.98. The summed E-state index contributed by atoms with van der Waals surface area (Å²) in [5, 5.41) is 5.68. The minimum atomic E-state index is -0.284. The lowest BCUT2D eigenvalue weighted by Gasteiger charge is -2.13. The molecule has 0 saturated carbocycles. The van der Waals surface area contributed by atoms with Crippen LogP contribution in [0.1, 0.15) is 12.0 Å². The van der Waals surface area contributed by atoms with Gasteiger partial charge in [-0.2, -0.15) is 0 Å². The fourth-order valence-electron chi connectivity index (χ4n) is 3.47. The van der Waals surface area contributed by atoms with Crippen LogP contribution in [0.25, 0.3) is 21.3 Å². The average Bonchev–Trinajstić information content (AvgIpc) is 3.25. The van der Waals surface area contributed by atoms with Gasteiger partial charge in [-0.1, -0.05) is 41.4 Å². The zero-order chi connectivity index (χ0) is 23.5. The summed E-state index contributed by atoms with van der Waals surface area (Å²) >= 11 is 7.55. The minimum absolute atomic E-state index is 0.0746. The van der Waals surface area contributed by atoms with Crippen LogP contribution in [0.4, 0.5) is 5.69 Å². The Morgan fingerprint density at radius 2 is 1.88 bits per heavy atom. The second kappa shape index (κ2) is 9.64. The van der Waals surface area contributed by atoms with Crippen LogP contribution in [0.3, 0.4) is 0 Å². The van der Waals surface area contributed by atoms with Crippen molar-refractivity contribution in [1.29, 1.82) is 0 Å². The Balaban J connectivity index is 1.55. The Morgan fingerprint density at radius 3 is 2.58 bits per heavy atom. The number of rotatable bonds is 7. The third kappa shape index (κ3) is 4.72. The van der Waals surface area contributed by atoms with Crippen LogP contribution in [0.5, 0.6) is 11.5 Å². The number of thiophene rings is 1. The van der Waals surface area contributed by atoms with Crippen molar-refractivity contribution in [2.24, 2.45) is 0 Å². The molecule has 0 aliphatic heterocycles.